The van der Waals surface area contributed by atoms with Crippen LogP contribution in [0.2, 0.25) is 5.02 Å². The van der Waals surface area contributed by atoms with Crippen molar-refractivity contribution in [3.8, 4) is 0 Å². The first kappa shape index (κ1) is 11.2. The molecule has 90 valence electrons. The van der Waals surface area contributed by atoms with Gasteiger partial charge in [0.25, 0.3) is 0 Å². The van der Waals surface area contributed by atoms with E-state index in [-0.39, 0.29) is 5.92 Å². The first-order valence-corrected chi connectivity index (χ1v) is 6.49. The van der Waals surface area contributed by atoms with Gasteiger partial charge in [0.15, 0.2) is 0 Å². The van der Waals surface area contributed by atoms with Crippen molar-refractivity contribution in [2.24, 2.45) is 5.92 Å². The number of fused-ring (bicyclic) bond motifs is 2. The van der Waals surface area contributed by atoms with Crippen molar-refractivity contribution in [3.63, 3.8) is 0 Å². The van der Waals surface area contributed by atoms with Crippen LogP contribution in [0.25, 0.3) is 0 Å². The Morgan fingerprint density at radius 1 is 1.53 bits per heavy atom. The second-order valence-corrected chi connectivity index (χ2v) is 5.41. The molecule has 3 rings (SSSR count). The number of hydrogen-bond donors (Lipinski definition) is 1. The molecule has 2 bridgehead atoms. The summed E-state index contributed by atoms with van der Waals surface area (Å²) >= 11 is 6.02. The van der Waals surface area contributed by atoms with Gasteiger partial charge in [0.2, 0.25) is 0 Å². The summed E-state index contributed by atoms with van der Waals surface area (Å²) in [7, 11) is 0. The highest BCUT2D eigenvalue weighted by atomic mass is 35.5. The third kappa shape index (κ3) is 2.09. The monoisotopic (exact) mass is 250 g/mol. The summed E-state index contributed by atoms with van der Waals surface area (Å²) in [6.45, 7) is 0. The zero-order valence-corrected chi connectivity index (χ0v) is 10.3. The summed E-state index contributed by atoms with van der Waals surface area (Å²) in [5.74, 6) is 0.510. The summed E-state index contributed by atoms with van der Waals surface area (Å²) in [6.07, 6.45) is 7.11. The Kier molecular flexibility index (Phi) is 2.89. The maximum Gasteiger partial charge on any atom is 0.142 e. The van der Waals surface area contributed by atoms with Gasteiger partial charge in [0.1, 0.15) is 5.78 Å². The molecular formula is C13H15ClN2O. The van der Waals surface area contributed by atoms with Gasteiger partial charge in [0.05, 0.1) is 5.02 Å². The molecule has 0 radical (unpaired) electrons. The van der Waals surface area contributed by atoms with Crippen molar-refractivity contribution >= 4 is 17.4 Å². The fourth-order valence-corrected chi connectivity index (χ4v) is 3.23. The normalized spacial score (nSPS) is 30.8. The van der Waals surface area contributed by atoms with Gasteiger partial charge in [-0.3, -0.25) is 9.78 Å². The Morgan fingerprint density at radius 3 is 3.06 bits per heavy atom. The molecule has 1 N–H and O–H groups in total. The fourth-order valence-electron chi connectivity index (χ4n) is 3.05. The smallest absolute Gasteiger partial charge is 0.142 e. The van der Waals surface area contributed by atoms with Gasteiger partial charge in [-0.1, -0.05) is 11.6 Å². The van der Waals surface area contributed by atoms with Gasteiger partial charge < -0.3 is 5.32 Å². The van der Waals surface area contributed by atoms with Crippen LogP contribution >= 0.6 is 11.6 Å². The third-order valence-electron chi connectivity index (χ3n) is 3.93. The third-order valence-corrected chi connectivity index (χ3v) is 4.28. The predicted molar refractivity (Wildman–Crippen MR) is 66.0 cm³/mol. The van der Waals surface area contributed by atoms with E-state index in [2.05, 4.69) is 10.3 Å². The highest BCUT2D eigenvalue weighted by Gasteiger charge is 2.42. The lowest BCUT2D eigenvalue weighted by molar-refractivity contribution is -0.122. The maximum absolute atomic E-state index is 12.2. The molecule has 0 spiro atoms. The molecule has 3 heterocycles. The minimum atomic E-state index is 0.193. The van der Waals surface area contributed by atoms with Gasteiger partial charge in [-0.2, -0.15) is 0 Å². The number of aromatic nitrogens is 1. The number of nitrogens with one attached hydrogen (secondary N) is 1. The standard InChI is InChI=1S/C13H15ClN2O/c14-11-7-15-4-3-8(11)5-13(17)10-6-9-1-2-12(10)16-9/h3-4,7,9-10,12,16H,1-2,5-6H2. The molecule has 0 aliphatic carbocycles. The second-order valence-electron chi connectivity index (χ2n) is 5.00. The van der Waals surface area contributed by atoms with Crippen molar-refractivity contribution in [2.45, 2.75) is 37.8 Å². The molecule has 1 aromatic heterocycles. The molecular weight excluding hydrogens is 236 g/mol. The van der Waals surface area contributed by atoms with Crippen LogP contribution in [-0.4, -0.2) is 22.9 Å². The lowest BCUT2D eigenvalue weighted by Crippen LogP contribution is -2.29. The molecule has 0 amide bonds. The zero-order valence-electron chi connectivity index (χ0n) is 9.53. The molecule has 4 heteroatoms. The average Bonchev–Trinajstić information content (AvgIpc) is 2.94. The number of carbonyl (C=O) groups excluding carboxylic acids is 1. The van der Waals surface area contributed by atoms with E-state index in [0.717, 1.165) is 18.4 Å². The predicted octanol–water partition coefficient (Wildman–Crippen LogP) is 1.99. The molecule has 2 aliphatic rings. The van der Waals surface area contributed by atoms with E-state index in [4.69, 9.17) is 11.6 Å². The van der Waals surface area contributed by atoms with Crippen molar-refractivity contribution < 1.29 is 4.79 Å². The molecule has 1 aromatic rings. The second kappa shape index (κ2) is 4.39. The summed E-state index contributed by atoms with van der Waals surface area (Å²) < 4.78 is 0. The molecule has 0 aromatic carbocycles. The molecule has 17 heavy (non-hydrogen) atoms. The molecule has 2 aliphatic heterocycles. The van der Waals surface area contributed by atoms with E-state index in [1.54, 1.807) is 12.4 Å². The van der Waals surface area contributed by atoms with Crippen LogP contribution in [0.4, 0.5) is 0 Å². The number of halogens is 1. The van der Waals surface area contributed by atoms with E-state index in [9.17, 15) is 4.79 Å². The number of ketones is 1. The Balaban J connectivity index is 1.70. The van der Waals surface area contributed by atoms with Crippen LogP contribution in [-0.2, 0) is 11.2 Å². The summed E-state index contributed by atoms with van der Waals surface area (Å²) in [5, 5.41) is 4.09. The van der Waals surface area contributed by atoms with Gasteiger partial charge in [-0.25, -0.2) is 0 Å². The number of Topliss-reactive ketones (excluding diaryl/α,β-unsaturated/α-hetero) is 1. The van der Waals surface area contributed by atoms with E-state index in [1.165, 1.54) is 6.42 Å². The first-order chi connectivity index (χ1) is 8.24. The van der Waals surface area contributed by atoms with E-state index in [1.807, 2.05) is 6.07 Å². The molecule has 3 nitrogen and oxygen atoms in total. The maximum atomic E-state index is 12.2. The lowest BCUT2D eigenvalue weighted by Gasteiger charge is -2.18. The van der Waals surface area contributed by atoms with Crippen LogP contribution in [0.1, 0.15) is 24.8 Å². The quantitative estimate of drug-likeness (QED) is 0.892. The largest absolute Gasteiger partial charge is 0.310 e. The van der Waals surface area contributed by atoms with Crippen LogP contribution < -0.4 is 5.32 Å². The number of pyridine rings is 1. The average molecular weight is 251 g/mol. The van der Waals surface area contributed by atoms with Crippen molar-refractivity contribution in [1.82, 2.24) is 10.3 Å². The van der Waals surface area contributed by atoms with E-state index >= 15 is 0 Å². The number of nitrogens with zero attached hydrogens (tertiary/aromatic N) is 1. The Hall–Kier alpha value is -0.930. The Labute approximate surface area is 106 Å². The lowest BCUT2D eigenvalue weighted by atomic mass is 9.84. The molecule has 3 unspecified atom stereocenters. The highest BCUT2D eigenvalue weighted by molar-refractivity contribution is 6.31. The van der Waals surface area contributed by atoms with Crippen molar-refractivity contribution in [3.05, 3.63) is 29.0 Å². The molecule has 2 saturated heterocycles. The minimum absolute atomic E-state index is 0.193. The van der Waals surface area contributed by atoms with E-state index < -0.39 is 0 Å². The molecule has 0 saturated carbocycles. The SMILES string of the molecule is O=C(Cc1ccncc1Cl)C1CC2CCC1N2. The van der Waals surface area contributed by atoms with Crippen LogP contribution in [0.5, 0.6) is 0 Å². The molecule has 2 fully saturated rings. The zero-order chi connectivity index (χ0) is 11.8. The molecule has 3 atom stereocenters. The Bertz CT molecular complexity index is 449. The number of hydrogen-bond acceptors (Lipinski definition) is 3. The van der Waals surface area contributed by atoms with Crippen molar-refractivity contribution in [2.75, 3.05) is 0 Å². The number of rotatable bonds is 3. The van der Waals surface area contributed by atoms with E-state index in [0.29, 0.717) is 29.3 Å². The van der Waals surface area contributed by atoms with Gasteiger partial charge in [0, 0.05) is 36.8 Å². The fraction of sp³-hybridized carbons (Fsp3) is 0.538. The van der Waals surface area contributed by atoms with Crippen LogP contribution in [0.15, 0.2) is 18.5 Å². The number of carbonyl (C=O) groups is 1. The van der Waals surface area contributed by atoms with Gasteiger partial charge in [-0.05, 0) is 30.9 Å². The van der Waals surface area contributed by atoms with Gasteiger partial charge in [-0.15, -0.1) is 0 Å². The van der Waals surface area contributed by atoms with Crippen LogP contribution in [0.3, 0.4) is 0 Å². The summed E-state index contributed by atoms with van der Waals surface area (Å²) in [4.78, 5) is 16.2. The first-order valence-electron chi connectivity index (χ1n) is 6.11. The summed E-state index contributed by atoms with van der Waals surface area (Å²) in [5.41, 5.74) is 0.898. The van der Waals surface area contributed by atoms with Gasteiger partial charge >= 0.3 is 0 Å². The van der Waals surface area contributed by atoms with Crippen molar-refractivity contribution in [1.29, 1.82) is 0 Å². The minimum Gasteiger partial charge on any atom is -0.310 e. The Morgan fingerprint density at radius 2 is 2.41 bits per heavy atom. The topological polar surface area (TPSA) is 42.0 Å². The highest BCUT2D eigenvalue weighted by Crippen LogP contribution is 2.34. The summed E-state index contributed by atoms with van der Waals surface area (Å²) in [6, 6.07) is 2.82. The van der Waals surface area contributed by atoms with Crippen LogP contribution in [0, 0.1) is 5.92 Å².